The van der Waals surface area contributed by atoms with E-state index in [1.54, 1.807) is 7.11 Å². The van der Waals surface area contributed by atoms with Gasteiger partial charge < -0.3 is 20.5 Å². The maximum atomic E-state index is 11.8. The van der Waals surface area contributed by atoms with Crippen molar-refractivity contribution in [1.82, 2.24) is 10.6 Å². The summed E-state index contributed by atoms with van der Waals surface area (Å²) in [5, 5.41) is 14.8. The van der Waals surface area contributed by atoms with Crippen molar-refractivity contribution in [2.45, 2.75) is 51.5 Å². The van der Waals surface area contributed by atoms with Gasteiger partial charge in [-0.3, -0.25) is 4.79 Å². The number of carboxylic acids is 1. The summed E-state index contributed by atoms with van der Waals surface area (Å²) < 4.78 is 5.09. The number of carboxylic acid groups (broad SMARTS) is 1. The third-order valence-corrected chi connectivity index (χ3v) is 4.09. The Hall–Kier alpha value is -1.30. The third-order valence-electron chi connectivity index (χ3n) is 4.09. The number of aliphatic carboxylic acids is 1. The third kappa shape index (κ3) is 6.80. The van der Waals surface area contributed by atoms with E-state index in [2.05, 4.69) is 17.6 Å². The Morgan fingerprint density at radius 1 is 1.29 bits per heavy atom. The molecule has 0 radical (unpaired) electrons. The summed E-state index contributed by atoms with van der Waals surface area (Å²) >= 11 is 0. The molecule has 21 heavy (non-hydrogen) atoms. The average Bonchev–Trinajstić information content (AvgIpc) is 2.46. The molecule has 1 aliphatic carbocycles. The van der Waals surface area contributed by atoms with E-state index in [4.69, 9.17) is 9.84 Å². The molecule has 2 amide bonds. The lowest BCUT2D eigenvalue weighted by Crippen LogP contribution is -2.45. The van der Waals surface area contributed by atoms with Crippen LogP contribution in [-0.4, -0.2) is 43.4 Å². The van der Waals surface area contributed by atoms with Gasteiger partial charge in [0, 0.05) is 13.7 Å². The van der Waals surface area contributed by atoms with E-state index in [1.165, 1.54) is 0 Å². The SMILES string of the molecule is CCCC(COC)NC(=O)NCC1CCC(C(=O)O)CC1. The first kappa shape index (κ1) is 17.8. The van der Waals surface area contributed by atoms with Crippen molar-refractivity contribution in [2.75, 3.05) is 20.3 Å². The zero-order valence-electron chi connectivity index (χ0n) is 13.1. The van der Waals surface area contributed by atoms with Crippen molar-refractivity contribution >= 4 is 12.0 Å². The van der Waals surface area contributed by atoms with Crippen LogP contribution < -0.4 is 10.6 Å². The second-order valence-corrected chi connectivity index (χ2v) is 5.85. The standard InChI is InChI=1S/C15H28N2O4/c1-3-4-13(10-21-2)17-15(20)16-9-11-5-7-12(8-6-11)14(18)19/h11-13H,3-10H2,1-2H3,(H,18,19)(H2,16,17,20). The molecular weight excluding hydrogens is 272 g/mol. The van der Waals surface area contributed by atoms with Gasteiger partial charge in [-0.05, 0) is 38.0 Å². The molecule has 1 atom stereocenters. The molecule has 122 valence electrons. The van der Waals surface area contributed by atoms with Crippen LogP contribution in [0, 0.1) is 11.8 Å². The normalized spacial score (nSPS) is 23.3. The summed E-state index contributed by atoms with van der Waals surface area (Å²) in [6.45, 7) is 3.21. The molecule has 1 fully saturated rings. The minimum atomic E-state index is -0.693. The Kier molecular flexibility index (Phi) is 8.12. The fourth-order valence-electron chi connectivity index (χ4n) is 2.83. The van der Waals surface area contributed by atoms with E-state index in [9.17, 15) is 9.59 Å². The lowest BCUT2D eigenvalue weighted by molar-refractivity contribution is -0.143. The molecule has 6 heteroatoms. The number of carbonyl (C=O) groups is 2. The molecule has 3 N–H and O–H groups in total. The fourth-order valence-corrected chi connectivity index (χ4v) is 2.83. The number of carbonyl (C=O) groups excluding carboxylic acids is 1. The number of methoxy groups -OCH3 is 1. The van der Waals surface area contributed by atoms with Gasteiger partial charge in [0.1, 0.15) is 0 Å². The number of hydrogen-bond donors (Lipinski definition) is 3. The van der Waals surface area contributed by atoms with Crippen LogP contribution in [0.2, 0.25) is 0 Å². The lowest BCUT2D eigenvalue weighted by atomic mass is 9.82. The molecule has 0 aromatic carbocycles. The van der Waals surface area contributed by atoms with Gasteiger partial charge in [0.25, 0.3) is 0 Å². The minimum absolute atomic E-state index is 0.0442. The molecule has 0 spiro atoms. The van der Waals surface area contributed by atoms with Crippen LogP contribution in [0.4, 0.5) is 4.79 Å². The summed E-state index contributed by atoms with van der Waals surface area (Å²) in [4.78, 5) is 22.7. The van der Waals surface area contributed by atoms with Crippen molar-refractivity contribution in [3.63, 3.8) is 0 Å². The second-order valence-electron chi connectivity index (χ2n) is 5.85. The van der Waals surface area contributed by atoms with E-state index >= 15 is 0 Å². The monoisotopic (exact) mass is 300 g/mol. The molecule has 0 aromatic heterocycles. The Balaban J connectivity index is 2.22. The smallest absolute Gasteiger partial charge is 0.315 e. The van der Waals surface area contributed by atoms with E-state index < -0.39 is 5.97 Å². The van der Waals surface area contributed by atoms with Crippen LogP contribution >= 0.6 is 0 Å². The number of hydrogen-bond acceptors (Lipinski definition) is 3. The quantitative estimate of drug-likeness (QED) is 0.639. The van der Waals surface area contributed by atoms with Crippen molar-refractivity contribution in [1.29, 1.82) is 0 Å². The first-order chi connectivity index (χ1) is 10.1. The largest absolute Gasteiger partial charge is 0.481 e. The number of ether oxygens (including phenoxy) is 1. The summed E-state index contributed by atoms with van der Waals surface area (Å²) in [5.41, 5.74) is 0. The first-order valence-corrected chi connectivity index (χ1v) is 7.82. The fraction of sp³-hybridized carbons (Fsp3) is 0.867. The number of nitrogens with one attached hydrogen (secondary N) is 2. The summed E-state index contributed by atoms with van der Waals surface area (Å²) in [6, 6.07) is -0.117. The Morgan fingerprint density at radius 3 is 2.48 bits per heavy atom. The van der Waals surface area contributed by atoms with E-state index in [0.717, 1.165) is 25.7 Å². The number of rotatable bonds is 8. The average molecular weight is 300 g/mol. The number of urea groups is 1. The van der Waals surface area contributed by atoms with Crippen molar-refractivity contribution in [3.8, 4) is 0 Å². The Morgan fingerprint density at radius 2 is 1.95 bits per heavy atom. The highest BCUT2D eigenvalue weighted by molar-refractivity contribution is 5.74. The molecule has 1 unspecified atom stereocenters. The van der Waals surface area contributed by atoms with Gasteiger partial charge in [0.15, 0.2) is 0 Å². The highest BCUT2D eigenvalue weighted by Gasteiger charge is 2.26. The topological polar surface area (TPSA) is 87.7 Å². The number of amides is 2. The Bertz CT molecular complexity index is 322. The zero-order valence-corrected chi connectivity index (χ0v) is 13.1. The summed E-state index contributed by atoms with van der Waals surface area (Å²) in [5.74, 6) is -0.509. The van der Waals surface area contributed by atoms with Gasteiger partial charge >= 0.3 is 12.0 Å². The highest BCUT2D eigenvalue weighted by atomic mass is 16.5. The second kappa shape index (κ2) is 9.60. The van der Waals surface area contributed by atoms with Gasteiger partial charge in [0.2, 0.25) is 0 Å². The van der Waals surface area contributed by atoms with Gasteiger partial charge in [-0.2, -0.15) is 0 Å². The zero-order chi connectivity index (χ0) is 15.7. The van der Waals surface area contributed by atoms with E-state index in [1.807, 2.05) is 0 Å². The molecule has 0 saturated heterocycles. The lowest BCUT2D eigenvalue weighted by Gasteiger charge is -2.26. The van der Waals surface area contributed by atoms with Crippen LogP contribution in [0.5, 0.6) is 0 Å². The van der Waals surface area contributed by atoms with Crippen LogP contribution in [0.25, 0.3) is 0 Å². The summed E-state index contributed by atoms with van der Waals surface area (Å²) in [7, 11) is 1.63. The van der Waals surface area contributed by atoms with Crippen LogP contribution in [0.15, 0.2) is 0 Å². The molecule has 6 nitrogen and oxygen atoms in total. The van der Waals surface area contributed by atoms with Gasteiger partial charge in [0.05, 0.1) is 18.6 Å². The molecule has 0 aliphatic heterocycles. The van der Waals surface area contributed by atoms with E-state index in [0.29, 0.717) is 31.9 Å². The van der Waals surface area contributed by atoms with Crippen molar-refractivity contribution in [2.24, 2.45) is 11.8 Å². The van der Waals surface area contributed by atoms with Gasteiger partial charge in [-0.25, -0.2) is 4.79 Å². The van der Waals surface area contributed by atoms with E-state index in [-0.39, 0.29) is 18.0 Å². The Labute approximate surface area is 126 Å². The van der Waals surface area contributed by atoms with Gasteiger partial charge in [-0.15, -0.1) is 0 Å². The molecule has 1 aliphatic rings. The predicted octanol–water partition coefficient (Wildman–Crippen LogP) is 1.99. The van der Waals surface area contributed by atoms with Crippen molar-refractivity contribution < 1.29 is 19.4 Å². The maximum Gasteiger partial charge on any atom is 0.315 e. The maximum absolute atomic E-state index is 11.8. The van der Waals surface area contributed by atoms with Crippen LogP contribution in [0.3, 0.4) is 0 Å². The summed E-state index contributed by atoms with van der Waals surface area (Å²) in [6.07, 6.45) is 5.05. The predicted molar refractivity (Wildman–Crippen MR) is 80.2 cm³/mol. The highest BCUT2D eigenvalue weighted by Crippen LogP contribution is 2.28. The van der Waals surface area contributed by atoms with Crippen LogP contribution in [-0.2, 0) is 9.53 Å². The first-order valence-electron chi connectivity index (χ1n) is 7.82. The van der Waals surface area contributed by atoms with Gasteiger partial charge in [-0.1, -0.05) is 13.3 Å². The molecule has 1 rings (SSSR count). The molecule has 0 heterocycles. The van der Waals surface area contributed by atoms with Crippen molar-refractivity contribution in [3.05, 3.63) is 0 Å². The molecule has 0 bridgehead atoms. The molecular formula is C15H28N2O4. The molecule has 0 aromatic rings. The van der Waals surface area contributed by atoms with Crippen LogP contribution in [0.1, 0.15) is 45.4 Å². The molecule has 1 saturated carbocycles. The minimum Gasteiger partial charge on any atom is -0.481 e.